The minimum atomic E-state index is -0.475. The summed E-state index contributed by atoms with van der Waals surface area (Å²) >= 11 is 5.97. The summed E-state index contributed by atoms with van der Waals surface area (Å²) in [6.45, 7) is 6.07. The van der Waals surface area contributed by atoms with Gasteiger partial charge < -0.3 is 5.73 Å². The lowest BCUT2D eigenvalue weighted by molar-refractivity contribution is 0.0582. The number of likely N-dealkylation sites (tertiary alicyclic amines) is 1. The second-order valence-electron chi connectivity index (χ2n) is 5.35. The van der Waals surface area contributed by atoms with E-state index in [1.165, 1.54) is 6.20 Å². The second kappa shape index (κ2) is 6.10. The van der Waals surface area contributed by atoms with Crippen LogP contribution >= 0.6 is 11.6 Å². The van der Waals surface area contributed by atoms with Crippen molar-refractivity contribution in [1.29, 1.82) is 0 Å². The lowest BCUT2D eigenvalue weighted by atomic mass is 9.83. The molecule has 0 unspecified atom stereocenters. The lowest BCUT2D eigenvalue weighted by Crippen LogP contribution is -2.52. The Kier molecular flexibility index (Phi) is 4.66. The van der Waals surface area contributed by atoms with E-state index in [0.29, 0.717) is 10.6 Å². The van der Waals surface area contributed by atoms with Crippen LogP contribution in [0.5, 0.6) is 0 Å². The number of carbonyl (C=O) groups is 1. The van der Waals surface area contributed by atoms with E-state index in [-0.39, 0.29) is 11.6 Å². The summed E-state index contributed by atoms with van der Waals surface area (Å²) in [5.41, 5.74) is 5.86. The van der Waals surface area contributed by atoms with Gasteiger partial charge in [0.2, 0.25) is 0 Å². The smallest absolute Gasteiger partial charge is 0.186 e. The SMILES string of the molecule is CCC(CC)(C(=O)c1cc(Cl)cnc1N)N1CCCC1. The number of nitrogen functional groups attached to an aromatic ring is 1. The monoisotopic (exact) mass is 295 g/mol. The van der Waals surface area contributed by atoms with Crippen molar-refractivity contribution in [2.45, 2.75) is 45.1 Å². The van der Waals surface area contributed by atoms with Gasteiger partial charge in [0.05, 0.1) is 16.1 Å². The molecule has 1 saturated heterocycles. The third-order valence-corrected chi connectivity index (χ3v) is 4.64. The number of aromatic nitrogens is 1. The van der Waals surface area contributed by atoms with E-state index in [9.17, 15) is 4.79 Å². The first-order valence-electron chi connectivity index (χ1n) is 7.26. The van der Waals surface area contributed by atoms with Gasteiger partial charge in [-0.25, -0.2) is 4.98 Å². The molecule has 5 heteroatoms. The topological polar surface area (TPSA) is 59.2 Å². The Morgan fingerprint density at radius 2 is 2.00 bits per heavy atom. The maximum Gasteiger partial charge on any atom is 0.186 e. The van der Waals surface area contributed by atoms with Gasteiger partial charge >= 0.3 is 0 Å². The molecule has 110 valence electrons. The maximum absolute atomic E-state index is 13.1. The first-order chi connectivity index (χ1) is 9.55. The van der Waals surface area contributed by atoms with Crippen molar-refractivity contribution in [2.24, 2.45) is 0 Å². The normalized spacial score (nSPS) is 16.6. The van der Waals surface area contributed by atoms with Crippen molar-refractivity contribution >= 4 is 23.2 Å². The van der Waals surface area contributed by atoms with E-state index in [2.05, 4.69) is 23.7 Å². The molecule has 1 aromatic rings. The van der Waals surface area contributed by atoms with Crippen molar-refractivity contribution in [3.8, 4) is 0 Å². The van der Waals surface area contributed by atoms with E-state index in [0.717, 1.165) is 38.8 Å². The van der Waals surface area contributed by atoms with Crippen LogP contribution in [-0.4, -0.2) is 34.3 Å². The molecule has 0 aromatic carbocycles. The zero-order valence-corrected chi connectivity index (χ0v) is 12.9. The second-order valence-corrected chi connectivity index (χ2v) is 5.78. The summed E-state index contributed by atoms with van der Waals surface area (Å²) in [7, 11) is 0. The number of rotatable bonds is 5. The predicted molar refractivity (Wildman–Crippen MR) is 82.1 cm³/mol. The number of hydrogen-bond acceptors (Lipinski definition) is 4. The Balaban J connectivity index is 2.43. The van der Waals surface area contributed by atoms with E-state index in [1.807, 2.05) is 0 Å². The van der Waals surface area contributed by atoms with Gasteiger partial charge in [0, 0.05) is 6.20 Å². The maximum atomic E-state index is 13.1. The minimum Gasteiger partial charge on any atom is -0.383 e. The molecule has 0 aliphatic carbocycles. The van der Waals surface area contributed by atoms with Gasteiger partial charge in [-0.2, -0.15) is 0 Å². The fourth-order valence-corrected chi connectivity index (χ4v) is 3.35. The summed E-state index contributed by atoms with van der Waals surface area (Å²) in [6, 6.07) is 1.64. The molecule has 1 aromatic heterocycles. The van der Waals surface area contributed by atoms with Crippen LogP contribution in [0.1, 0.15) is 49.9 Å². The minimum absolute atomic E-state index is 0.0527. The molecule has 2 N–H and O–H groups in total. The van der Waals surface area contributed by atoms with Gasteiger partial charge in [-0.05, 0) is 44.8 Å². The molecule has 0 amide bonds. The number of ketones is 1. The zero-order valence-electron chi connectivity index (χ0n) is 12.2. The molecule has 1 fully saturated rings. The highest BCUT2D eigenvalue weighted by molar-refractivity contribution is 6.31. The molecule has 2 heterocycles. The van der Waals surface area contributed by atoms with Crippen LogP contribution in [0.2, 0.25) is 5.02 Å². The Morgan fingerprint density at radius 1 is 1.40 bits per heavy atom. The first-order valence-corrected chi connectivity index (χ1v) is 7.63. The first kappa shape index (κ1) is 15.3. The Morgan fingerprint density at radius 3 is 2.55 bits per heavy atom. The van der Waals surface area contributed by atoms with Crippen molar-refractivity contribution in [2.75, 3.05) is 18.8 Å². The molecule has 0 bridgehead atoms. The number of pyridine rings is 1. The summed E-state index contributed by atoms with van der Waals surface area (Å²) in [5, 5.41) is 0.449. The molecular weight excluding hydrogens is 274 g/mol. The molecule has 1 aliphatic heterocycles. The van der Waals surface area contributed by atoms with Crippen LogP contribution in [0.3, 0.4) is 0 Å². The Bertz CT molecular complexity index is 494. The number of anilines is 1. The fraction of sp³-hybridized carbons (Fsp3) is 0.600. The van der Waals surface area contributed by atoms with Gasteiger partial charge in [-0.15, -0.1) is 0 Å². The number of nitrogens with zero attached hydrogens (tertiary/aromatic N) is 2. The number of halogens is 1. The molecule has 0 saturated carbocycles. The fourth-order valence-electron chi connectivity index (χ4n) is 3.19. The standard InChI is InChI=1S/C15H22ClN3O/c1-3-15(4-2,19-7-5-6-8-19)13(20)12-9-11(16)10-18-14(12)17/h9-10H,3-8H2,1-2H3,(H2,17,18). The Hall–Kier alpha value is -1.13. The van der Waals surface area contributed by atoms with Crippen LogP contribution in [0.4, 0.5) is 5.82 Å². The van der Waals surface area contributed by atoms with Crippen LogP contribution in [-0.2, 0) is 0 Å². The summed E-state index contributed by atoms with van der Waals surface area (Å²) in [4.78, 5) is 19.4. The molecule has 0 radical (unpaired) electrons. The van der Waals surface area contributed by atoms with E-state index >= 15 is 0 Å². The molecule has 4 nitrogen and oxygen atoms in total. The Labute approximate surface area is 125 Å². The molecule has 0 spiro atoms. The van der Waals surface area contributed by atoms with Gasteiger partial charge in [0.25, 0.3) is 0 Å². The average molecular weight is 296 g/mol. The molecule has 2 rings (SSSR count). The molecular formula is C15H22ClN3O. The number of Topliss-reactive ketones (excluding diaryl/α,β-unsaturated/α-hetero) is 1. The number of carbonyl (C=O) groups excluding carboxylic acids is 1. The predicted octanol–water partition coefficient (Wildman–Crippen LogP) is 3.15. The van der Waals surface area contributed by atoms with Crippen LogP contribution in [0.25, 0.3) is 0 Å². The summed E-state index contributed by atoms with van der Waals surface area (Å²) in [6.07, 6.45) is 5.32. The summed E-state index contributed by atoms with van der Waals surface area (Å²) < 4.78 is 0. The third-order valence-electron chi connectivity index (χ3n) is 4.43. The van der Waals surface area contributed by atoms with E-state index < -0.39 is 5.54 Å². The average Bonchev–Trinajstić information content (AvgIpc) is 2.98. The summed E-state index contributed by atoms with van der Waals surface area (Å²) in [5.74, 6) is 0.321. The van der Waals surface area contributed by atoms with Gasteiger partial charge in [0.15, 0.2) is 5.78 Å². The third kappa shape index (κ3) is 2.54. The number of hydrogen-bond donors (Lipinski definition) is 1. The highest BCUT2D eigenvalue weighted by atomic mass is 35.5. The van der Waals surface area contributed by atoms with Crippen molar-refractivity contribution in [3.63, 3.8) is 0 Å². The molecule has 0 atom stereocenters. The van der Waals surface area contributed by atoms with Crippen LogP contribution in [0.15, 0.2) is 12.3 Å². The van der Waals surface area contributed by atoms with Gasteiger partial charge in [-0.1, -0.05) is 25.4 Å². The zero-order chi connectivity index (χ0) is 14.8. The van der Waals surface area contributed by atoms with Gasteiger partial charge in [-0.3, -0.25) is 9.69 Å². The van der Waals surface area contributed by atoms with Crippen LogP contribution < -0.4 is 5.73 Å². The quantitative estimate of drug-likeness (QED) is 0.848. The highest BCUT2D eigenvalue weighted by Crippen LogP contribution is 2.33. The number of nitrogens with two attached hydrogens (primary N) is 1. The van der Waals surface area contributed by atoms with Crippen molar-refractivity contribution in [1.82, 2.24) is 9.88 Å². The van der Waals surface area contributed by atoms with Crippen LogP contribution in [0, 0.1) is 0 Å². The van der Waals surface area contributed by atoms with Crippen molar-refractivity contribution < 1.29 is 4.79 Å². The molecule has 20 heavy (non-hydrogen) atoms. The van der Waals surface area contributed by atoms with Crippen molar-refractivity contribution in [3.05, 3.63) is 22.8 Å². The molecule has 1 aliphatic rings. The van der Waals surface area contributed by atoms with E-state index in [1.54, 1.807) is 6.07 Å². The largest absolute Gasteiger partial charge is 0.383 e. The lowest BCUT2D eigenvalue weighted by Gasteiger charge is -2.39. The van der Waals surface area contributed by atoms with Gasteiger partial charge in [0.1, 0.15) is 5.82 Å². The highest BCUT2D eigenvalue weighted by Gasteiger charge is 2.42. The van der Waals surface area contributed by atoms with E-state index in [4.69, 9.17) is 17.3 Å².